The van der Waals surface area contributed by atoms with Crippen LogP contribution in [0.5, 0.6) is 0 Å². The number of nitrogens with one attached hydrogen (secondary N) is 1. The van der Waals surface area contributed by atoms with E-state index in [9.17, 15) is 8.42 Å². The predicted molar refractivity (Wildman–Crippen MR) is 81.3 cm³/mol. The standard InChI is InChI=1S/C13H21BrN2O2S/c1-4-13(2,3)9-16-19(17,18)12-6-5-10(8-15)7-11(12)14/h5-7,16H,4,8-9,15H2,1-3H3. The lowest BCUT2D eigenvalue weighted by Gasteiger charge is -2.23. The number of hydrogen-bond donors (Lipinski definition) is 2. The van der Waals surface area contributed by atoms with Crippen LogP contribution in [0.3, 0.4) is 0 Å². The zero-order valence-corrected chi connectivity index (χ0v) is 13.9. The van der Waals surface area contributed by atoms with Crippen molar-refractivity contribution in [3.05, 3.63) is 28.2 Å². The summed E-state index contributed by atoms with van der Waals surface area (Å²) in [6, 6.07) is 5.04. The Morgan fingerprint density at radius 1 is 1.37 bits per heavy atom. The van der Waals surface area contributed by atoms with Gasteiger partial charge < -0.3 is 5.73 Å². The van der Waals surface area contributed by atoms with Gasteiger partial charge in [-0.2, -0.15) is 0 Å². The molecule has 1 aromatic rings. The summed E-state index contributed by atoms with van der Waals surface area (Å²) < 4.78 is 27.7. The number of halogens is 1. The molecule has 0 heterocycles. The van der Waals surface area contributed by atoms with Gasteiger partial charge in [0.05, 0.1) is 4.90 Å². The molecule has 3 N–H and O–H groups in total. The summed E-state index contributed by atoms with van der Waals surface area (Å²) in [5.41, 5.74) is 6.36. The van der Waals surface area contributed by atoms with Crippen molar-refractivity contribution in [2.75, 3.05) is 6.54 Å². The van der Waals surface area contributed by atoms with Crippen molar-refractivity contribution in [1.82, 2.24) is 4.72 Å². The Hall–Kier alpha value is -0.430. The highest BCUT2D eigenvalue weighted by Gasteiger charge is 2.22. The van der Waals surface area contributed by atoms with Crippen LogP contribution in [0.1, 0.15) is 32.8 Å². The maximum atomic E-state index is 12.2. The molecule has 0 fully saturated rings. The Bertz CT molecular complexity index is 542. The van der Waals surface area contributed by atoms with Crippen LogP contribution in [-0.4, -0.2) is 15.0 Å². The van der Waals surface area contributed by atoms with E-state index >= 15 is 0 Å². The molecule has 0 aliphatic carbocycles. The van der Waals surface area contributed by atoms with E-state index in [-0.39, 0.29) is 10.3 Å². The molecule has 6 heteroatoms. The summed E-state index contributed by atoms with van der Waals surface area (Å²) in [7, 11) is -3.50. The highest BCUT2D eigenvalue weighted by molar-refractivity contribution is 9.10. The SMILES string of the molecule is CCC(C)(C)CNS(=O)(=O)c1ccc(CN)cc1Br. The van der Waals surface area contributed by atoms with Crippen molar-refractivity contribution in [1.29, 1.82) is 0 Å². The second kappa shape index (κ2) is 6.35. The summed E-state index contributed by atoms with van der Waals surface area (Å²) >= 11 is 3.29. The molecule has 0 atom stereocenters. The highest BCUT2D eigenvalue weighted by Crippen LogP contribution is 2.24. The van der Waals surface area contributed by atoms with Crippen molar-refractivity contribution in [3.63, 3.8) is 0 Å². The van der Waals surface area contributed by atoms with Gasteiger partial charge in [-0.05, 0) is 45.5 Å². The van der Waals surface area contributed by atoms with Crippen molar-refractivity contribution < 1.29 is 8.42 Å². The number of nitrogens with two attached hydrogens (primary N) is 1. The third-order valence-corrected chi connectivity index (χ3v) is 5.60. The Morgan fingerprint density at radius 2 is 2.00 bits per heavy atom. The average molecular weight is 349 g/mol. The molecule has 0 radical (unpaired) electrons. The lowest BCUT2D eigenvalue weighted by molar-refractivity contribution is 0.350. The van der Waals surface area contributed by atoms with Gasteiger partial charge in [0.1, 0.15) is 0 Å². The van der Waals surface area contributed by atoms with E-state index in [0.29, 0.717) is 17.6 Å². The van der Waals surface area contributed by atoms with Crippen LogP contribution in [-0.2, 0) is 16.6 Å². The first-order valence-corrected chi connectivity index (χ1v) is 8.47. The van der Waals surface area contributed by atoms with Gasteiger partial charge in [-0.3, -0.25) is 0 Å². The minimum atomic E-state index is -3.50. The molecular formula is C13H21BrN2O2S. The monoisotopic (exact) mass is 348 g/mol. The molecule has 0 spiro atoms. The Kier molecular flexibility index (Phi) is 5.55. The maximum absolute atomic E-state index is 12.2. The second-order valence-corrected chi connectivity index (χ2v) is 7.90. The van der Waals surface area contributed by atoms with Gasteiger partial charge in [0.15, 0.2) is 0 Å². The third kappa shape index (κ3) is 4.56. The summed E-state index contributed by atoms with van der Waals surface area (Å²) in [6.07, 6.45) is 0.906. The fourth-order valence-corrected chi connectivity index (χ4v) is 3.75. The normalized spacial score (nSPS) is 12.7. The molecule has 4 nitrogen and oxygen atoms in total. The van der Waals surface area contributed by atoms with Gasteiger partial charge >= 0.3 is 0 Å². The lowest BCUT2D eigenvalue weighted by atomic mass is 9.91. The number of hydrogen-bond acceptors (Lipinski definition) is 3. The Labute approximate surface area is 124 Å². The van der Waals surface area contributed by atoms with E-state index in [0.717, 1.165) is 12.0 Å². The van der Waals surface area contributed by atoms with E-state index < -0.39 is 10.0 Å². The molecule has 0 saturated heterocycles. The molecule has 0 saturated carbocycles. The first-order valence-electron chi connectivity index (χ1n) is 6.20. The van der Waals surface area contributed by atoms with Gasteiger partial charge in [0.2, 0.25) is 10.0 Å². The molecule has 0 unspecified atom stereocenters. The summed E-state index contributed by atoms with van der Waals surface area (Å²) in [6.45, 7) is 6.90. The largest absolute Gasteiger partial charge is 0.326 e. The smallest absolute Gasteiger partial charge is 0.241 e. The minimum Gasteiger partial charge on any atom is -0.326 e. The summed E-state index contributed by atoms with van der Waals surface area (Å²) in [4.78, 5) is 0.247. The maximum Gasteiger partial charge on any atom is 0.241 e. The number of rotatable bonds is 6. The van der Waals surface area contributed by atoms with Crippen LogP contribution in [0.15, 0.2) is 27.6 Å². The lowest BCUT2D eigenvalue weighted by Crippen LogP contribution is -2.33. The average Bonchev–Trinajstić information content (AvgIpc) is 2.36. The molecule has 0 aliphatic heterocycles. The van der Waals surface area contributed by atoms with Gasteiger partial charge in [-0.25, -0.2) is 13.1 Å². The molecule has 0 aromatic heterocycles. The molecule has 0 bridgehead atoms. The van der Waals surface area contributed by atoms with E-state index in [1.54, 1.807) is 18.2 Å². The molecule has 108 valence electrons. The third-order valence-electron chi connectivity index (χ3n) is 3.22. The number of benzene rings is 1. The topological polar surface area (TPSA) is 72.2 Å². The fourth-order valence-electron chi connectivity index (χ4n) is 1.38. The Balaban J connectivity index is 2.95. The zero-order chi connectivity index (χ0) is 14.7. The van der Waals surface area contributed by atoms with Gasteiger partial charge in [0.25, 0.3) is 0 Å². The number of sulfonamides is 1. The molecule has 1 rings (SSSR count). The van der Waals surface area contributed by atoms with E-state index in [1.807, 2.05) is 20.8 Å². The minimum absolute atomic E-state index is 0.0588. The van der Waals surface area contributed by atoms with Gasteiger partial charge in [-0.1, -0.05) is 26.8 Å². The van der Waals surface area contributed by atoms with Gasteiger partial charge in [0, 0.05) is 17.6 Å². The van der Waals surface area contributed by atoms with Crippen LogP contribution in [0, 0.1) is 5.41 Å². The quantitative estimate of drug-likeness (QED) is 0.829. The molecule has 19 heavy (non-hydrogen) atoms. The van der Waals surface area contributed by atoms with Crippen molar-refractivity contribution in [3.8, 4) is 0 Å². The molecular weight excluding hydrogens is 328 g/mol. The van der Waals surface area contributed by atoms with E-state index in [4.69, 9.17) is 5.73 Å². The van der Waals surface area contributed by atoms with E-state index in [1.165, 1.54) is 0 Å². The van der Waals surface area contributed by atoms with E-state index in [2.05, 4.69) is 20.7 Å². The van der Waals surface area contributed by atoms with Crippen LogP contribution in [0.4, 0.5) is 0 Å². The van der Waals surface area contributed by atoms with Crippen molar-refractivity contribution in [2.45, 2.75) is 38.6 Å². The second-order valence-electron chi connectivity index (χ2n) is 5.31. The van der Waals surface area contributed by atoms with Crippen molar-refractivity contribution >= 4 is 26.0 Å². The van der Waals surface area contributed by atoms with Crippen LogP contribution < -0.4 is 10.5 Å². The van der Waals surface area contributed by atoms with Crippen molar-refractivity contribution in [2.24, 2.45) is 11.1 Å². The first kappa shape index (κ1) is 16.6. The summed E-state index contributed by atoms with van der Waals surface area (Å²) in [5.74, 6) is 0. The molecule has 0 amide bonds. The molecule has 0 aliphatic rings. The van der Waals surface area contributed by atoms with Crippen LogP contribution in [0.25, 0.3) is 0 Å². The first-order chi connectivity index (χ1) is 8.72. The Morgan fingerprint density at radius 3 is 2.47 bits per heavy atom. The highest BCUT2D eigenvalue weighted by atomic mass is 79.9. The van der Waals surface area contributed by atoms with Crippen LogP contribution >= 0.6 is 15.9 Å². The molecule has 1 aromatic carbocycles. The van der Waals surface area contributed by atoms with Gasteiger partial charge in [-0.15, -0.1) is 0 Å². The summed E-state index contributed by atoms with van der Waals surface area (Å²) in [5, 5.41) is 0. The zero-order valence-electron chi connectivity index (χ0n) is 11.5. The predicted octanol–water partition coefficient (Wildman–Crippen LogP) is 2.62. The van der Waals surface area contributed by atoms with Crippen LogP contribution in [0.2, 0.25) is 0 Å². The fraction of sp³-hybridized carbons (Fsp3) is 0.538.